The number of ether oxygens (including phenoxy) is 1. The highest BCUT2D eigenvalue weighted by Crippen LogP contribution is 2.32. The number of nitrogens with one attached hydrogen (secondary N) is 2. The zero-order valence-corrected chi connectivity index (χ0v) is 17.1. The van der Waals surface area contributed by atoms with Gasteiger partial charge in [-0.2, -0.15) is 15.6 Å². The predicted octanol–water partition coefficient (Wildman–Crippen LogP) is 3.77. The first kappa shape index (κ1) is 21.1. The van der Waals surface area contributed by atoms with Gasteiger partial charge in [0.15, 0.2) is 5.82 Å². The monoisotopic (exact) mass is 414 g/mol. The Balaban J connectivity index is 1.89. The number of nitrogens with zero attached hydrogens (tertiary/aromatic N) is 4. The van der Waals surface area contributed by atoms with Gasteiger partial charge in [0, 0.05) is 11.3 Å². The fraction of sp³-hybridized carbons (Fsp3) is 0.136. The fourth-order valence-electron chi connectivity index (χ4n) is 2.80. The Morgan fingerprint density at radius 1 is 1.19 bits per heavy atom. The Morgan fingerprint density at radius 2 is 1.94 bits per heavy atom. The van der Waals surface area contributed by atoms with Gasteiger partial charge in [0.25, 0.3) is 5.91 Å². The van der Waals surface area contributed by atoms with Crippen molar-refractivity contribution >= 4 is 23.1 Å². The molecule has 1 amide bonds. The van der Waals surface area contributed by atoms with E-state index in [1.165, 1.54) is 6.26 Å². The molecule has 31 heavy (non-hydrogen) atoms. The maximum absolute atomic E-state index is 12.6. The van der Waals surface area contributed by atoms with E-state index in [0.717, 1.165) is 5.56 Å². The lowest BCUT2D eigenvalue weighted by Gasteiger charge is -2.13. The summed E-state index contributed by atoms with van der Waals surface area (Å²) in [4.78, 5) is 16.9. The summed E-state index contributed by atoms with van der Waals surface area (Å²) >= 11 is 0. The Labute approximate surface area is 178 Å². The number of aryl methyl sites for hydroxylation is 1. The molecule has 0 aliphatic rings. The fourth-order valence-corrected chi connectivity index (χ4v) is 2.80. The molecule has 9 heteroatoms. The lowest BCUT2D eigenvalue weighted by molar-refractivity contribution is -0.110. The molecule has 154 valence electrons. The summed E-state index contributed by atoms with van der Waals surface area (Å²) < 4.78 is 10.5. The van der Waals surface area contributed by atoms with Crippen molar-refractivity contribution < 1.29 is 13.9 Å². The molecule has 0 fully saturated rings. The number of nitriles is 2. The van der Waals surface area contributed by atoms with Crippen LogP contribution >= 0.6 is 0 Å². The van der Waals surface area contributed by atoms with Crippen LogP contribution in [0.4, 0.5) is 11.5 Å². The average Bonchev–Trinajstić information content (AvgIpc) is 3.31. The van der Waals surface area contributed by atoms with Crippen LogP contribution in [0, 0.1) is 36.5 Å². The lowest BCUT2D eigenvalue weighted by atomic mass is 10.00. The van der Waals surface area contributed by atoms with Gasteiger partial charge in [0.1, 0.15) is 29.2 Å². The number of furan rings is 1. The number of hydrogen-bond acceptors (Lipinski definition) is 8. The quantitative estimate of drug-likeness (QED) is 0.463. The van der Waals surface area contributed by atoms with E-state index in [4.69, 9.17) is 9.15 Å². The number of hydrogen-bond donors (Lipinski definition) is 2. The Morgan fingerprint density at radius 3 is 2.52 bits per heavy atom. The van der Waals surface area contributed by atoms with E-state index in [1.807, 2.05) is 6.92 Å². The highest BCUT2D eigenvalue weighted by Gasteiger charge is 2.22. The van der Waals surface area contributed by atoms with Gasteiger partial charge in [-0.15, -0.1) is 0 Å². The number of amides is 1. The first-order valence-electron chi connectivity index (χ1n) is 9.12. The number of pyridine rings is 1. The molecule has 3 aromatic rings. The van der Waals surface area contributed by atoms with E-state index in [9.17, 15) is 15.3 Å². The standard InChI is InChI=1S/C22H18N6O3/c1-13-14(2)25-21(17(11-23)20(13)19-5-4-10-31-19)26-22(29)18(12-24)28-27-15-6-8-16(30-3)9-7-15/h4-10,27H,1-3H3,(H,25,26,29)/b28-18-. The third kappa shape index (κ3) is 4.52. The first-order valence-corrected chi connectivity index (χ1v) is 9.12. The molecular weight excluding hydrogens is 396 g/mol. The number of methoxy groups -OCH3 is 1. The smallest absolute Gasteiger partial charge is 0.288 e. The number of carbonyl (C=O) groups is 1. The molecule has 0 radical (unpaired) electrons. The number of carbonyl (C=O) groups excluding carboxylic acids is 1. The number of anilines is 2. The first-order chi connectivity index (χ1) is 15.0. The second-order valence-electron chi connectivity index (χ2n) is 6.38. The molecule has 3 rings (SSSR count). The zero-order valence-electron chi connectivity index (χ0n) is 17.1. The lowest BCUT2D eigenvalue weighted by Crippen LogP contribution is -2.24. The third-order valence-electron chi connectivity index (χ3n) is 4.50. The minimum absolute atomic E-state index is 0.0226. The summed E-state index contributed by atoms with van der Waals surface area (Å²) in [5.74, 6) is 0.353. The van der Waals surface area contributed by atoms with Crippen LogP contribution in [0.5, 0.6) is 5.75 Å². The average molecular weight is 414 g/mol. The van der Waals surface area contributed by atoms with Crippen molar-refractivity contribution in [1.82, 2.24) is 4.98 Å². The third-order valence-corrected chi connectivity index (χ3v) is 4.50. The van der Waals surface area contributed by atoms with E-state index < -0.39 is 11.6 Å². The maximum atomic E-state index is 12.6. The van der Waals surface area contributed by atoms with Crippen molar-refractivity contribution in [2.45, 2.75) is 13.8 Å². The van der Waals surface area contributed by atoms with E-state index in [0.29, 0.717) is 28.5 Å². The zero-order chi connectivity index (χ0) is 22.4. The molecule has 1 aromatic carbocycles. The van der Waals surface area contributed by atoms with Crippen LogP contribution in [0.25, 0.3) is 11.3 Å². The molecule has 0 saturated heterocycles. The SMILES string of the molecule is COc1ccc(N/N=C(/C#N)C(=O)Nc2nc(C)c(C)c(-c3ccco3)c2C#N)cc1. The van der Waals surface area contributed by atoms with Crippen molar-refractivity contribution in [3.8, 4) is 29.2 Å². The van der Waals surface area contributed by atoms with Crippen LogP contribution in [-0.4, -0.2) is 23.7 Å². The Hall–Kier alpha value is -4.63. The van der Waals surface area contributed by atoms with Crippen molar-refractivity contribution in [2.24, 2.45) is 5.10 Å². The van der Waals surface area contributed by atoms with E-state index in [2.05, 4.69) is 26.9 Å². The van der Waals surface area contributed by atoms with Crippen molar-refractivity contribution in [1.29, 1.82) is 10.5 Å². The second kappa shape index (κ2) is 9.25. The van der Waals surface area contributed by atoms with E-state index in [-0.39, 0.29) is 11.4 Å². The molecule has 2 heterocycles. The van der Waals surface area contributed by atoms with Crippen LogP contribution < -0.4 is 15.5 Å². The molecule has 0 aliphatic carbocycles. The van der Waals surface area contributed by atoms with Crippen molar-refractivity contribution in [3.63, 3.8) is 0 Å². The van der Waals surface area contributed by atoms with Crippen LogP contribution in [0.1, 0.15) is 16.8 Å². The molecule has 0 unspecified atom stereocenters. The van der Waals surface area contributed by atoms with Crippen LogP contribution in [0.3, 0.4) is 0 Å². The Bertz CT molecular complexity index is 1220. The van der Waals surface area contributed by atoms with Crippen LogP contribution in [0.15, 0.2) is 52.2 Å². The summed E-state index contributed by atoms with van der Waals surface area (Å²) in [6.07, 6.45) is 1.50. The molecule has 9 nitrogen and oxygen atoms in total. The number of hydrazone groups is 1. The van der Waals surface area contributed by atoms with E-state index in [1.54, 1.807) is 56.5 Å². The van der Waals surface area contributed by atoms with Gasteiger partial charge in [-0.25, -0.2) is 4.98 Å². The highest BCUT2D eigenvalue weighted by atomic mass is 16.5. The van der Waals surface area contributed by atoms with Gasteiger partial charge in [-0.1, -0.05) is 0 Å². The van der Waals surface area contributed by atoms with E-state index >= 15 is 0 Å². The molecule has 0 spiro atoms. The second-order valence-corrected chi connectivity index (χ2v) is 6.38. The summed E-state index contributed by atoms with van der Waals surface area (Å²) in [7, 11) is 1.55. The number of benzene rings is 1. The van der Waals surface area contributed by atoms with Crippen molar-refractivity contribution in [3.05, 3.63) is 59.5 Å². The molecular formula is C22H18N6O3. The van der Waals surface area contributed by atoms with Gasteiger partial charge >= 0.3 is 0 Å². The minimum Gasteiger partial charge on any atom is -0.497 e. The van der Waals surface area contributed by atoms with Gasteiger partial charge in [-0.05, 0) is 55.8 Å². The summed E-state index contributed by atoms with van der Waals surface area (Å²) in [5.41, 5.74) is 4.79. The predicted molar refractivity (Wildman–Crippen MR) is 114 cm³/mol. The molecule has 0 bridgehead atoms. The van der Waals surface area contributed by atoms with Gasteiger partial charge in [0.05, 0.1) is 19.1 Å². The number of rotatable bonds is 6. The topological polar surface area (TPSA) is 136 Å². The summed E-state index contributed by atoms with van der Waals surface area (Å²) in [6, 6.07) is 14.0. The maximum Gasteiger partial charge on any atom is 0.288 e. The van der Waals surface area contributed by atoms with Crippen LogP contribution in [0.2, 0.25) is 0 Å². The molecule has 2 N–H and O–H groups in total. The molecule has 0 saturated carbocycles. The number of aromatic nitrogens is 1. The Kier molecular flexibility index (Phi) is 6.29. The summed E-state index contributed by atoms with van der Waals surface area (Å²) in [5, 5.41) is 25.4. The normalized spacial score (nSPS) is 10.7. The largest absolute Gasteiger partial charge is 0.497 e. The molecule has 2 aromatic heterocycles. The summed E-state index contributed by atoms with van der Waals surface area (Å²) in [6.45, 7) is 3.57. The van der Waals surface area contributed by atoms with Gasteiger partial charge in [-0.3, -0.25) is 10.2 Å². The minimum atomic E-state index is -0.804. The van der Waals surface area contributed by atoms with Gasteiger partial charge < -0.3 is 14.5 Å². The highest BCUT2D eigenvalue weighted by molar-refractivity contribution is 6.48. The van der Waals surface area contributed by atoms with Gasteiger partial charge in [0.2, 0.25) is 5.71 Å². The molecule has 0 atom stereocenters. The molecule has 0 aliphatic heterocycles. The van der Waals surface area contributed by atoms with Crippen LogP contribution in [-0.2, 0) is 4.79 Å². The van der Waals surface area contributed by atoms with Crippen molar-refractivity contribution in [2.75, 3.05) is 17.9 Å².